The van der Waals surface area contributed by atoms with Crippen molar-refractivity contribution in [1.82, 2.24) is 0 Å². The fourth-order valence-corrected chi connectivity index (χ4v) is 1.82. The van der Waals surface area contributed by atoms with Crippen LogP contribution < -0.4 is 4.90 Å². The van der Waals surface area contributed by atoms with Crippen LogP contribution in [0.2, 0.25) is 0 Å². The van der Waals surface area contributed by atoms with Gasteiger partial charge in [0.1, 0.15) is 0 Å². The molecule has 1 rings (SSSR count). The molecule has 1 N–H and O–H groups in total. The molecular weight excluding hydrogens is 136 g/mol. The Hall–Kier alpha value is -0.550. The van der Waals surface area contributed by atoms with Crippen molar-refractivity contribution in [1.29, 1.82) is 5.26 Å². The first-order valence-corrected chi connectivity index (χ1v) is 4.39. The third kappa shape index (κ3) is 3.38. The fourth-order valence-electron chi connectivity index (χ4n) is 1.82. The highest BCUT2D eigenvalue weighted by Gasteiger charge is 2.22. The molecule has 0 aliphatic carbocycles. The fraction of sp³-hybridized carbons (Fsp3) is 0.889. The molecule has 1 aliphatic heterocycles. The van der Waals surface area contributed by atoms with Crippen LogP contribution in [0.15, 0.2) is 0 Å². The van der Waals surface area contributed by atoms with E-state index in [2.05, 4.69) is 14.0 Å². The molecule has 0 bridgehead atoms. The van der Waals surface area contributed by atoms with E-state index in [-0.39, 0.29) is 0 Å². The summed E-state index contributed by atoms with van der Waals surface area (Å²) in [6.45, 7) is 8.44. The van der Waals surface area contributed by atoms with Crippen LogP contribution in [0.4, 0.5) is 0 Å². The first-order chi connectivity index (χ1) is 5.34. The van der Waals surface area contributed by atoms with Crippen LogP contribution in [0.1, 0.15) is 32.6 Å². The molecule has 64 valence electrons. The maximum Gasteiger partial charge on any atom is 0.0874 e. The Kier molecular flexibility index (Phi) is 5.87. The summed E-state index contributed by atoms with van der Waals surface area (Å²) in [5.41, 5.74) is 0. The van der Waals surface area contributed by atoms with Crippen LogP contribution >= 0.6 is 0 Å². The summed E-state index contributed by atoms with van der Waals surface area (Å²) >= 11 is 0. The molecule has 11 heavy (non-hydrogen) atoms. The average molecular weight is 154 g/mol. The Balaban J connectivity index is 0.000000461. The molecule has 0 radical (unpaired) electrons. The number of nitrogens with one attached hydrogen (secondary N) is 1. The molecule has 2 heteroatoms. The highest BCUT2D eigenvalue weighted by molar-refractivity contribution is 4.59. The van der Waals surface area contributed by atoms with E-state index in [1.807, 2.05) is 0 Å². The van der Waals surface area contributed by atoms with Gasteiger partial charge in [0.05, 0.1) is 19.6 Å². The van der Waals surface area contributed by atoms with E-state index in [9.17, 15) is 0 Å². The van der Waals surface area contributed by atoms with E-state index in [0.717, 1.165) is 6.04 Å². The minimum atomic E-state index is 0.995. The number of hydrogen-bond donors (Lipinski definition) is 1. The highest BCUT2D eigenvalue weighted by Crippen LogP contribution is 2.04. The number of likely N-dealkylation sites (tertiary alicyclic amines) is 1. The van der Waals surface area contributed by atoms with Gasteiger partial charge in [0.25, 0.3) is 0 Å². The van der Waals surface area contributed by atoms with Gasteiger partial charge >= 0.3 is 0 Å². The van der Waals surface area contributed by atoms with Crippen molar-refractivity contribution >= 4 is 0 Å². The molecule has 1 heterocycles. The van der Waals surface area contributed by atoms with E-state index >= 15 is 0 Å². The van der Waals surface area contributed by atoms with Crippen molar-refractivity contribution in [3.8, 4) is 0 Å². The predicted molar refractivity (Wildman–Crippen MR) is 44.7 cm³/mol. The largest absolute Gasteiger partial charge is 0.512 e. The monoisotopic (exact) mass is 154 g/mol. The summed E-state index contributed by atoms with van der Waals surface area (Å²) in [5, 5.41) is 6.25. The molecule has 1 saturated heterocycles. The Morgan fingerprint density at radius 1 is 1.55 bits per heavy atom. The van der Waals surface area contributed by atoms with E-state index in [1.165, 1.54) is 32.2 Å². The van der Waals surface area contributed by atoms with Gasteiger partial charge in [-0.25, -0.2) is 0 Å². The van der Waals surface area contributed by atoms with Gasteiger partial charge < -0.3 is 16.7 Å². The standard InChI is InChI=1S/C8H17N.CN/c1-3-5-8-6-4-7-9(8)2;1-2/h8H,3-7H2,1-2H3;/q;-1/p+1. The summed E-state index contributed by atoms with van der Waals surface area (Å²) in [4.78, 5) is 1.76. The zero-order valence-electron chi connectivity index (χ0n) is 7.56. The summed E-state index contributed by atoms with van der Waals surface area (Å²) in [7, 11) is 2.33. The Morgan fingerprint density at radius 2 is 2.18 bits per heavy atom. The van der Waals surface area contributed by atoms with Gasteiger partial charge in [-0.05, 0) is 6.42 Å². The molecule has 0 saturated carbocycles. The summed E-state index contributed by atoms with van der Waals surface area (Å²) in [5.74, 6) is 0. The zero-order valence-corrected chi connectivity index (χ0v) is 7.56. The van der Waals surface area contributed by atoms with Crippen molar-refractivity contribution in [2.45, 2.75) is 38.6 Å². The topological polar surface area (TPSA) is 28.2 Å². The van der Waals surface area contributed by atoms with Gasteiger partial charge in [0.2, 0.25) is 0 Å². The molecule has 0 aromatic rings. The zero-order chi connectivity index (χ0) is 8.69. The van der Waals surface area contributed by atoms with Crippen molar-refractivity contribution in [2.75, 3.05) is 13.6 Å². The van der Waals surface area contributed by atoms with E-state index in [4.69, 9.17) is 11.8 Å². The number of quaternary nitrogens is 1. The van der Waals surface area contributed by atoms with Crippen LogP contribution in [0.3, 0.4) is 0 Å². The molecule has 1 aliphatic rings. The minimum absolute atomic E-state index is 0.995. The Labute approximate surface area is 69.8 Å². The highest BCUT2D eigenvalue weighted by atomic mass is 15.1. The lowest BCUT2D eigenvalue weighted by molar-refractivity contribution is -0.892. The number of hydrogen-bond acceptors (Lipinski definition) is 1. The SMILES string of the molecule is CCCC1CCC[NH+]1C.[C-]#N. The van der Waals surface area contributed by atoms with Crippen molar-refractivity contribution in [3.63, 3.8) is 0 Å². The van der Waals surface area contributed by atoms with Crippen LogP contribution in [-0.2, 0) is 0 Å². The summed E-state index contributed by atoms with van der Waals surface area (Å²) in [6.07, 6.45) is 5.73. The second-order valence-corrected chi connectivity index (χ2v) is 3.22. The lowest BCUT2D eigenvalue weighted by atomic mass is 10.1. The van der Waals surface area contributed by atoms with Crippen LogP contribution in [-0.4, -0.2) is 19.6 Å². The normalized spacial score (nSPS) is 29.1. The number of nitrogens with zero attached hydrogens (tertiary/aromatic N) is 1. The second-order valence-electron chi connectivity index (χ2n) is 3.22. The third-order valence-corrected chi connectivity index (χ3v) is 2.46. The molecule has 0 aromatic heterocycles. The lowest BCUT2D eigenvalue weighted by Crippen LogP contribution is -3.10. The van der Waals surface area contributed by atoms with Crippen molar-refractivity contribution < 1.29 is 4.90 Å². The molecule has 0 amide bonds. The maximum absolute atomic E-state index is 6.25. The third-order valence-electron chi connectivity index (χ3n) is 2.46. The first kappa shape index (κ1) is 10.4. The van der Waals surface area contributed by atoms with Crippen LogP contribution in [0.5, 0.6) is 0 Å². The summed E-state index contributed by atoms with van der Waals surface area (Å²) in [6, 6.07) is 0.995. The van der Waals surface area contributed by atoms with E-state index in [1.54, 1.807) is 4.90 Å². The quantitative estimate of drug-likeness (QED) is 0.578. The molecule has 2 unspecified atom stereocenters. The van der Waals surface area contributed by atoms with Crippen LogP contribution in [0.25, 0.3) is 0 Å². The second kappa shape index (κ2) is 6.18. The Morgan fingerprint density at radius 3 is 2.55 bits per heavy atom. The molecule has 2 atom stereocenters. The lowest BCUT2D eigenvalue weighted by Gasteiger charge is -2.14. The minimum Gasteiger partial charge on any atom is -0.512 e. The van der Waals surface area contributed by atoms with E-state index in [0.29, 0.717) is 0 Å². The molecule has 0 aromatic carbocycles. The first-order valence-electron chi connectivity index (χ1n) is 4.39. The van der Waals surface area contributed by atoms with Gasteiger partial charge in [0, 0.05) is 12.8 Å². The van der Waals surface area contributed by atoms with Crippen molar-refractivity contribution in [3.05, 3.63) is 6.57 Å². The summed E-state index contributed by atoms with van der Waals surface area (Å²) < 4.78 is 0. The van der Waals surface area contributed by atoms with Gasteiger partial charge in [-0.3, -0.25) is 0 Å². The smallest absolute Gasteiger partial charge is 0.0874 e. The Bertz CT molecular complexity index is 109. The van der Waals surface area contributed by atoms with Gasteiger partial charge in [-0.15, -0.1) is 0 Å². The van der Waals surface area contributed by atoms with Crippen LogP contribution in [0, 0.1) is 11.8 Å². The molecule has 1 fully saturated rings. The van der Waals surface area contributed by atoms with Crippen molar-refractivity contribution in [2.24, 2.45) is 0 Å². The molecule has 2 nitrogen and oxygen atoms in total. The van der Waals surface area contributed by atoms with Gasteiger partial charge in [-0.2, -0.15) is 0 Å². The number of rotatable bonds is 2. The average Bonchev–Trinajstić information content (AvgIpc) is 2.42. The van der Waals surface area contributed by atoms with Gasteiger partial charge in [-0.1, -0.05) is 13.3 Å². The predicted octanol–water partition coefficient (Wildman–Crippen LogP) is 0.560. The van der Waals surface area contributed by atoms with Gasteiger partial charge in [0.15, 0.2) is 0 Å². The van der Waals surface area contributed by atoms with E-state index < -0.39 is 0 Å². The maximum atomic E-state index is 6.25. The molecule has 0 spiro atoms. The molecular formula is C9H18N2.